The maximum atomic E-state index is 6.14. The molecule has 2 aliphatic heterocycles. The zero-order valence-corrected chi connectivity index (χ0v) is 18.7. The lowest BCUT2D eigenvalue weighted by molar-refractivity contribution is 0.134. The Labute approximate surface area is 179 Å². The van der Waals surface area contributed by atoms with Crippen LogP contribution in [0, 0.1) is 0 Å². The van der Waals surface area contributed by atoms with Crippen LogP contribution in [0.5, 0.6) is 5.75 Å². The van der Waals surface area contributed by atoms with E-state index in [0.29, 0.717) is 12.0 Å². The molecule has 3 heterocycles. The standard InChI is InChI=1S/C23H32N4OS/c1-16(2)19-7-5-6-8-20(19)21-15-26(11-12-27(21)29-4)14-18-9-10-24-23-22(18)28-17(3)13-25-23/h5-10,16-17,21H,11-15H2,1-4H3,(H,24,25). The summed E-state index contributed by atoms with van der Waals surface area (Å²) in [5.41, 5.74) is 4.15. The summed E-state index contributed by atoms with van der Waals surface area (Å²) in [4.78, 5) is 7.02. The average molecular weight is 413 g/mol. The lowest BCUT2D eigenvalue weighted by Crippen LogP contribution is -2.45. The first-order valence-electron chi connectivity index (χ1n) is 10.6. The predicted octanol–water partition coefficient (Wildman–Crippen LogP) is 4.53. The molecule has 1 saturated heterocycles. The van der Waals surface area contributed by atoms with E-state index in [2.05, 4.69) is 76.9 Å². The van der Waals surface area contributed by atoms with E-state index in [4.69, 9.17) is 4.74 Å². The molecule has 156 valence electrons. The van der Waals surface area contributed by atoms with Crippen molar-refractivity contribution >= 4 is 17.8 Å². The molecule has 1 aromatic heterocycles. The van der Waals surface area contributed by atoms with Crippen LogP contribution in [-0.4, -0.2) is 52.7 Å². The van der Waals surface area contributed by atoms with Gasteiger partial charge in [0, 0.05) is 37.9 Å². The van der Waals surface area contributed by atoms with Crippen molar-refractivity contribution in [2.45, 2.75) is 45.4 Å². The molecule has 0 saturated carbocycles. The Morgan fingerprint density at radius 3 is 2.86 bits per heavy atom. The maximum Gasteiger partial charge on any atom is 0.169 e. The number of hydrogen-bond acceptors (Lipinski definition) is 6. The van der Waals surface area contributed by atoms with E-state index in [1.54, 1.807) is 0 Å². The average Bonchev–Trinajstić information content (AvgIpc) is 2.74. The second-order valence-electron chi connectivity index (χ2n) is 8.31. The summed E-state index contributed by atoms with van der Waals surface area (Å²) in [6.07, 6.45) is 4.26. The van der Waals surface area contributed by atoms with E-state index in [9.17, 15) is 0 Å². The molecule has 0 bridgehead atoms. The van der Waals surface area contributed by atoms with E-state index < -0.39 is 0 Å². The van der Waals surface area contributed by atoms with Gasteiger partial charge in [-0.15, -0.1) is 0 Å². The van der Waals surface area contributed by atoms with E-state index in [0.717, 1.165) is 44.3 Å². The van der Waals surface area contributed by atoms with Crippen molar-refractivity contribution in [1.82, 2.24) is 14.2 Å². The zero-order chi connectivity index (χ0) is 20.4. The van der Waals surface area contributed by atoms with Crippen molar-refractivity contribution in [1.29, 1.82) is 0 Å². The number of benzene rings is 1. The van der Waals surface area contributed by atoms with Crippen LogP contribution in [0.2, 0.25) is 0 Å². The summed E-state index contributed by atoms with van der Waals surface area (Å²) in [6, 6.07) is 11.5. The van der Waals surface area contributed by atoms with Crippen molar-refractivity contribution < 1.29 is 4.74 Å². The van der Waals surface area contributed by atoms with Crippen LogP contribution >= 0.6 is 11.9 Å². The van der Waals surface area contributed by atoms with Gasteiger partial charge in [0.25, 0.3) is 0 Å². The van der Waals surface area contributed by atoms with Gasteiger partial charge in [0.1, 0.15) is 6.10 Å². The number of aromatic nitrogens is 1. The van der Waals surface area contributed by atoms with Gasteiger partial charge in [0.2, 0.25) is 0 Å². The Bertz CT molecular complexity index is 843. The van der Waals surface area contributed by atoms with Crippen LogP contribution in [0.1, 0.15) is 49.4 Å². The van der Waals surface area contributed by atoms with E-state index in [-0.39, 0.29) is 6.10 Å². The van der Waals surface area contributed by atoms with E-state index in [1.807, 2.05) is 18.1 Å². The molecule has 1 N–H and O–H groups in total. The molecule has 0 amide bonds. The molecule has 2 atom stereocenters. The number of fused-ring (bicyclic) bond motifs is 1. The molecule has 2 aliphatic rings. The summed E-state index contributed by atoms with van der Waals surface area (Å²) in [7, 11) is 0. The fourth-order valence-electron chi connectivity index (χ4n) is 4.37. The highest BCUT2D eigenvalue weighted by Gasteiger charge is 2.31. The number of anilines is 1. The van der Waals surface area contributed by atoms with Crippen molar-refractivity contribution in [2.75, 3.05) is 37.8 Å². The minimum atomic E-state index is 0.171. The summed E-state index contributed by atoms with van der Waals surface area (Å²) in [6.45, 7) is 11.5. The van der Waals surface area contributed by atoms with Crippen LogP contribution in [0.15, 0.2) is 36.5 Å². The minimum absolute atomic E-state index is 0.171. The van der Waals surface area contributed by atoms with E-state index in [1.165, 1.54) is 16.7 Å². The molecule has 29 heavy (non-hydrogen) atoms. The first kappa shape index (κ1) is 20.5. The van der Waals surface area contributed by atoms with Crippen LogP contribution in [-0.2, 0) is 6.54 Å². The number of piperazine rings is 1. The smallest absolute Gasteiger partial charge is 0.169 e. The summed E-state index contributed by atoms with van der Waals surface area (Å²) in [5.74, 6) is 2.33. The highest BCUT2D eigenvalue weighted by molar-refractivity contribution is 7.96. The van der Waals surface area contributed by atoms with Gasteiger partial charge >= 0.3 is 0 Å². The van der Waals surface area contributed by atoms with Gasteiger partial charge in [-0.05, 0) is 36.3 Å². The van der Waals surface area contributed by atoms with Crippen LogP contribution in [0.25, 0.3) is 0 Å². The molecule has 0 aliphatic carbocycles. The summed E-state index contributed by atoms with van der Waals surface area (Å²) in [5, 5.41) is 3.39. The van der Waals surface area contributed by atoms with Gasteiger partial charge in [0.05, 0.1) is 12.6 Å². The summed E-state index contributed by atoms with van der Waals surface area (Å²) < 4.78 is 8.68. The van der Waals surface area contributed by atoms with Gasteiger partial charge in [-0.2, -0.15) is 0 Å². The highest BCUT2D eigenvalue weighted by atomic mass is 32.2. The molecule has 1 aromatic carbocycles. The topological polar surface area (TPSA) is 40.6 Å². The number of hydrogen-bond donors (Lipinski definition) is 1. The van der Waals surface area contributed by atoms with Gasteiger partial charge in [0.15, 0.2) is 11.6 Å². The molecule has 2 unspecified atom stereocenters. The Kier molecular flexibility index (Phi) is 6.32. The molecule has 0 radical (unpaired) electrons. The first-order chi connectivity index (χ1) is 14.1. The van der Waals surface area contributed by atoms with Crippen molar-refractivity contribution in [3.63, 3.8) is 0 Å². The minimum Gasteiger partial charge on any atom is -0.485 e. The predicted molar refractivity (Wildman–Crippen MR) is 122 cm³/mol. The molecule has 0 spiro atoms. The Balaban J connectivity index is 1.57. The Morgan fingerprint density at radius 1 is 1.24 bits per heavy atom. The quantitative estimate of drug-likeness (QED) is 0.728. The van der Waals surface area contributed by atoms with Crippen LogP contribution < -0.4 is 10.1 Å². The summed E-state index contributed by atoms with van der Waals surface area (Å²) >= 11 is 1.86. The van der Waals surface area contributed by atoms with Crippen molar-refractivity contribution in [3.8, 4) is 5.75 Å². The second kappa shape index (κ2) is 8.94. The van der Waals surface area contributed by atoms with Crippen molar-refractivity contribution in [3.05, 3.63) is 53.2 Å². The zero-order valence-electron chi connectivity index (χ0n) is 17.9. The Morgan fingerprint density at radius 2 is 2.07 bits per heavy atom. The largest absolute Gasteiger partial charge is 0.485 e. The third-order valence-electron chi connectivity index (χ3n) is 5.88. The van der Waals surface area contributed by atoms with Crippen LogP contribution in [0.4, 0.5) is 5.82 Å². The van der Waals surface area contributed by atoms with E-state index >= 15 is 0 Å². The number of nitrogens with one attached hydrogen (secondary N) is 1. The third kappa shape index (κ3) is 4.39. The lowest BCUT2D eigenvalue weighted by atomic mass is 9.91. The monoisotopic (exact) mass is 412 g/mol. The molecule has 4 rings (SSSR count). The number of nitrogens with zero attached hydrogens (tertiary/aromatic N) is 3. The maximum absolute atomic E-state index is 6.14. The highest BCUT2D eigenvalue weighted by Crippen LogP contribution is 2.36. The first-order valence-corrected chi connectivity index (χ1v) is 11.7. The van der Waals surface area contributed by atoms with Gasteiger partial charge < -0.3 is 10.1 Å². The number of rotatable bonds is 5. The molecular formula is C23H32N4OS. The molecule has 5 nitrogen and oxygen atoms in total. The van der Waals surface area contributed by atoms with Gasteiger partial charge in [-0.3, -0.25) is 4.90 Å². The second-order valence-corrected chi connectivity index (χ2v) is 9.15. The SMILES string of the molecule is CSN1CCN(Cc2ccnc3c2OC(C)CN3)CC1c1ccccc1C(C)C. The molecule has 1 fully saturated rings. The molecule has 6 heteroatoms. The third-order valence-corrected chi connectivity index (χ3v) is 6.79. The fourth-order valence-corrected chi connectivity index (χ4v) is 5.07. The van der Waals surface area contributed by atoms with Crippen molar-refractivity contribution in [2.24, 2.45) is 0 Å². The lowest BCUT2D eigenvalue weighted by Gasteiger charge is -2.41. The Hall–Kier alpha value is -1.76. The van der Waals surface area contributed by atoms with Gasteiger partial charge in [-0.25, -0.2) is 9.29 Å². The number of pyridine rings is 1. The molecular weight excluding hydrogens is 380 g/mol. The van der Waals surface area contributed by atoms with Gasteiger partial charge in [-0.1, -0.05) is 50.1 Å². The fraction of sp³-hybridized carbons (Fsp3) is 0.522. The molecule has 2 aromatic rings. The van der Waals surface area contributed by atoms with Crippen LogP contribution in [0.3, 0.4) is 0 Å². The number of ether oxygens (including phenoxy) is 1. The normalized spacial score (nSPS) is 22.8.